The molecule has 0 amide bonds. The molecule has 0 unspecified atom stereocenters. The number of ketones is 1. The number of morpholine rings is 1. The van der Waals surface area contributed by atoms with E-state index in [0.717, 1.165) is 42.1 Å². The van der Waals surface area contributed by atoms with E-state index in [9.17, 15) is 4.79 Å². The summed E-state index contributed by atoms with van der Waals surface area (Å²) >= 11 is 0. The standard InChI is InChI=1S/C30H29FN4O2/c1-19-24-13-12-23-27(22-6-4-5-7-25(22)31)33-35(29(23)30(24,2)18-26(32-3)28(19)36)21-10-8-20(9-11-21)34-14-16-37-17-15-34/h4-11,18-19,24H,12-17H2,1-2H3/t19-,24-,30-/m1/s1. The number of anilines is 1. The van der Waals surface area contributed by atoms with Gasteiger partial charge in [0.15, 0.2) is 5.78 Å². The van der Waals surface area contributed by atoms with Gasteiger partial charge in [0.25, 0.3) is 0 Å². The number of nitrogens with zero attached hydrogens (tertiary/aromatic N) is 4. The molecule has 6 rings (SSSR count). The zero-order valence-electron chi connectivity index (χ0n) is 21.1. The molecular formula is C30H29FN4O2. The van der Waals surface area contributed by atoms with Crippen molar-refractivity contribution in [1.82, 2.24) is 9.78 Å². The van der Waals surface area contributed by atoms with Crippen molar-refractivity contribution in [2.45, 2.75) is 32.1 Å². The van der Waals surface area contributed by atoms with Crippen LogP contribution in [0.2, 0.25) is 0 Å². The monoisotopic (exact) mass is 496 g/mol. The number of rotatable bonds is 3. The number of benzene rings is 2. The second kappa shape index (κ2) is 8.97. The summed E-state index contributed by atoms with van der Waals surface area (Å²) < 4.78 is 22.4. The molecule has 3 aliphatic rings. The smallest absolute Gasteiger partial charge is 0.226 e. The Bertz CT molecular complexity index is 1450. The Hall–Kier alpha value is -3.76. The van der Waals surface area contributed by atoms with Gasteiger partial charge in [-0.05, 0) is 55.2 Å². The fourth-order valence-electron chi connectivity index (χ4n) is 6.50. The summed E-state index contributed by atoms with van der Waals surface area (Å²) in [5.41, 5.74) is 4.64. The third kappa shape index (κ3) is 3.70. The molecule has 3 atom stereocenters. The maximum Gasteiger partial charge on any atom is 0.226 e. The van der Waals surface area contributed by atoms with Crippen molar-refractivity contribution in [3.05, 3.63) is 88.8 Å². The molecule has 0 radical (unpaired) electrons. The SMILES string of the molecule is [C-]#[N+]C1=C[C@@]2(C)c3c(c(-c4ccccc4F)nn3-c3ccc(N4CCOCC4)cc3)CC[C@@H]2[C@@H](C)C1=O. The minimum Gasteiger partial charge on any atom is -0.378 e. The lowest BCUT2D eigenvalue weighted by atomic mass is 9.58. The van der Waals surface area contributed by atoms with Crippen molar-refractivity contribution in [2.75, 3.05) is 31.2 Å². The maximum absolute atomic E-state index is 15.0. The fraction of sp³-hybridized carbons (Fsp3) is 0.367. The first-order valence-electron chi connectivity index (χ1n) is 12.9. The second-order valence-electron chi connectivity index (χ2n) is 10.4. The fourth-order valence-corrected chi connectivity index (χ4v) is 6.50. The number of hydrogen-bond acceptors (Lipinski definition) is 4. The quantitative estimate of drug-likeness (QED) is 0.459. The highest BCUT2D eigenvalue weighted by molar-refractivity contribution is 6.00. The average Bonchev–Trinajstić information content (AvgIpc) is 3.32. The van der Waals surface area contributed by atoms with Crippen molar-refractivity contribution in [2.24, 2.45) is 11.8 Å². The Morgan fingerprint density at radius 3 is 2.51 bits per heavy atom. The van der Waals surface area contributed by atoms with E-state index in [2.05, 4.69) is 28.8 Å². The molecule has 2 heterocycles. The molecule has 37 heavy (non-hydrogen) atoms. The molecule has 1 aromatic heterocycles. The van der Waals surface area contributed by atoms with E-state index in [1.54, 1.807) is 12.1 Å². The number of fused-ring (bicyclic) bond motifs is 3. The Morgan fingerprint density at radius 1 is 1.11 bits per heavy atom. The van der Waals surface area contributed by atoms with Gasteiger partial charge >= 0.3 is 0 Å². The molecule has 0 N–H and O–H groups in total. The zero-order valence-corrected chi connectivity index (χ0v) is 21.1. The van der Waals surface area contributed by atoms with Gasteiger partial charge in [-0.15, -0.1) is 0 Å². The summed E-state index contributed by atoms with van der Waals surface area (Å²) in [5, 5.41) is 5.02. The van der Waals surface area contributed by atoms with Gasteiger partial charge in [0, 0.05) is 41.2 Å². The van der Waals surface area contributed by atoms with Crippen molar-refractivity contribution < 1.29 is 13.9 Å². The van der Waals surface area contributed by atoms with Crippen molar-refractivity contribution in [3.8, 4) is 16.9 Å². The molecule has 0 saturated carbocycles. The van der Waals surface area contributed by atoms with E-state index < -0.39 is 5.41 Å². The Morgan fingerprint density at radius 2 is 1.81 bits per heavy atom. The van der Waals surface area contributed by atoms with Gasteiger partial charge in [-0.1, -0.05) is 32.1 Å². The molecule has 188 valence electrons. The zero-order chi connectivity index (χ0) is 25.7. The van der Waals surface area contributed by atoms with Gasteiger partial charge in [-0.3, -0.25) is 0 Å². The van der Waals surface area contributed by atoms with E-state index in [4.69, 9.17) is 16.4 Å². The van der Waals surface area contributed by atoms with Crippen LogP contribution < -0.4 is 4.90 Å². The average molecular weight is 497 g/mol. The topological polar surface area (TPSA) is 51.7 Å². The van der Waals surface area contributed by atoms with E-state index in [1.165, 1.54) is 6.07 Å². The summed E-state index contributed by atoms with van der Waals surface area (Å²) in [5.74, 6) is -0.628. The summed E-state index contributed by atoms with van der Waals surface area (Å²) in [6.45, 7) is 14.8. The summed E-state index contributed by atoms with van der Waals surface area (Å²) in [6, 6.07) is 15.0. The number of carbonyl (C=O) groups excluding carboxylic acids is 1. The third-order valence-corrected chi connectivity index (χ3v) is 8.40. The first-order chi connectivity index (χ1) is 17.9. The summed E-state index contributed by atoms with van der Waals surface area (Å²) in [7, 11) is 0. The van der Waals surface area contributed by atoms with Crippen LogP contribution in [-0.2, 0) is 21.4 Å². The summed E-state index contributed by atoms with van der Waals surface area (Å²) in [4.78, 5) is 18.8. The molecule has 2 aromatic carbocycles. The highest BCUT2D eigenvalue weighted by Crippen LogP contribution is 2.52. The molecule has 0 spiro atoms. The molecule has 7 heteroatoms. The molecule has 3 aromatic rings. The van der Waals surface area contributed by atoms with E-state index >= 15 is 4.39 Å². The number of allylic oxidation sites excluding steroid dienone is 2. The highest BCUT2D eigenvalue weighted by atomic mass is 19.1. The van der Waals surface area contributed by atoms with Crippen LogP contribution in [0.15, 0.2) is 60.3 Å². The van der Waals surface area contributed by atoms with Crippen LogP contribution in [0.25, 0.3) is 21.8 Å². The van der Waals surface area contributed by atoms with Gasteiger partial charge in [0.2, 0.25) is 5.70 Å². The van der Waals surface area contributed by atoms with Gasteiger partial charge in [-0.25, -0.2) is 13.9 Å². The largest absolute Gasteiger partial charge is 0.378 e. The van der Waals surface area contributed by atoms with Gasteiger partial charge in [0.05, 0.1) is 36.9 Å². The number of ether oxygens (including phenoxy) is 1. The highest BCUT2D eigenvalue weighted by Gasteiger charge is 2.50. The second-order valence-corrected chi connectivity index (χ2v) is 10.4. The van der Waals surface area contributed by atoms with Crippen LogP contribution in [0, 0.1) is 24.2 Å². The van der Waals surface area contributed by atoms with Crippen molar-refractivity contribution in [1.29, 1.82) is 0 Å². The number of aromatic nitrogens is 2. The van der Waals surface area contributed by atoms with Crippen LogP contribution in [0.3, 0.4) is 0 Å². The van der Waals surface area contributed by atoms with E-state index in [-0.39, 0.29) is 29.1 Å². The Kier molecular flexibility index (Phi) is 5.73. The molecule has 6 nitrogen and oxygen atoms in total. The molecule has 1 aliphatic heterocycles. The Labute approximate surface area is 216 Å². The van der Waals surface area contributed by atoms with Crippen molar-refractivity contribution in [3.63, 3.8) is 0 Å². The van der Waals surface area contributed by atoms with E-state index in [1.807, 2.05) is 35.9 Å². The lowest BCUT2D eigenvalue weighted by molar-refractivity contribution is -0.121. The van der Waals surface area contributed by atoms with Crippen LogP contribution >= 0.6 is 0 Å². The van der Waals surface area contributed by atoms with Crippen LogP contribution in [0.4, 0.5) is 10.1 Å². The minimum absolute atomic E-state index is 0.0366. The number of carbonyl (C=O) groups is 1. The maximum atomic E-state index is 15.0. The minimum atomic E-state index is -0.583. The lowest BCUT2D eigenvalue weighted by Crippen LogP contribution is -2.46. The van der Waals surface area contributed by atoms with E-state index in [0.29, 0.717) is 30.9 Å². The number of hydrogen-bond donors (Lipinski definition) is 0. The normalized spacial score (nSPS) is 25.2. The Balaban J connectivity index is 1.55. The van der Waals surface area contributed by atoms with Gasteiger partial charge in [0.1, 0.15) is 5.82 Å². The van der Waals surface area contributed by atoms with Gasteiger partial charge in [-0.2, -0.15) is 5.10 Å². The molecule has 0 bridgehead atoms. The van der Waals surface area contributed by atoms with Crippen LogP contribution in [-0.4, -0.2) is 41.9 Å². The lowest BCUT2D eigenvalue weighted by Gasteiger charge is -2.45. The summed E-state index contributed by atoms with van der Waals surface area (Å²) in [6.07, 6.45) is 3.32. The van der Waals surface area contributed by atoms with Gasteiger partial charge < -0.3 is 14.4 Å². The molecule has 2 aliphatic carbocycles. The number of Topliss-reactive ketones (excluding diaryl/α,β-unsaturated/α-hetero) is 1. The predicted molar refractivity (Wildman–Crippen MR) is 140 cm³/mol. The molecule has 1 saturated heterocycles. The number of halogens is 1. The third-order valence-electron chi connectivity index (χ3n) is 8.40. The predicted octanol–water partition coefficient (Wildman–Crippen LogP) is 5.36. The first-order valence-corrected chi connectivity index (χ1v) is 12.9. The van der Waals surface area contributed by atoms with Crippen LogP contribution in [0.1, 0.15) is 31.5 Å². The van der Waals surface area contributed by atoms with Crippen LogP contribution in [0.5, 0.6) is 0 Å². The molecular weight excluding hydrogens is 467 g/mol. The molecule has 1 fully saturated rings. The first kappa shape index (κ1) is 23.6. The van der Waals surface area contributed by atoms with Crippen molar-refractivity contribution >= 4 is 11.5 Å².